The molecule has 23 heavy (non-hydrogen) atoms. The van der Waals surface area contributed by atoms with E-state index in [1.807, 2.05) is 24.3 Å². The van der Waals surface area contributed by atoms with Crippen LogP contribution in [0.3, 0.4) is 0 Å². The van der Waals surface area contributed by atoms with Crippen molar-refractivity contribution in [1.82, 2.24) is 4.98 Å². The Morgan fingerprint density at radius 3 is 2.35 bits per heavy atom. The van der Waals surface area contributed by atoms with E-state index in [9.17, 15) is 0 Å². The minimum Gasteiger partial charge on any atom is -0.416 e. The first-order chi connectivity index (χ1) is 10.5. The van der Waals surface area contributed by atoms with Crippen LogP contribution in [0.2, 0.25) is 18.1 Å². The number of nitrogen functional groups attached to an aromatic ring is 2. The lowest BCUT2D eigenvalue weighted by Crippen LogP contribution is -2.41. The normalized spacial score (nSPS) is 14.2. The number of benzene rings is 1. The molecule has 0 fully saturated rings. The number of para-hydroxylation sites is 1. The Morgan fingerprint density at radius 2 is 1.74 bits per heavy atom. The van der Waals surface area contributed by atoms with Gasteiger partial charge in [-0.1, -0.05) is 45.9 Å². The zero-order chi connectivity index (χ0) is 17.4. The van der Waals surface area contributed by atoms with Crippen molar-refractivity contribution in [2.75, 3.05) is 18.1 Å². The number of nitrogens with two attached hydrogens (primary N) is 2. The monoisotopic (exact) mass is 331 g/mol. The lowest BCUT2D eigenvalue weighted by molar-refractivity contribution is 0.268. The van der Waals surface area contributed by atoms with Gasteiger partial charge in [-0.05, 0) is 24.2 Å². The van der Waals surface area contributed by atoms with Gasteiger partial charge in [0.05, 0.1) is 22.6 Å². The molecule has 126 valence electrons. The summed E-state index contributed by atoms with van der Waals surface area (Å²) in [4.78, 5) is 4.73. The maximum absolute atomic E-state index is 6.32. The number of fused-ring (bicyclic) bond motifs is 1. The van der Waals surface area contributed by atoms with E-state index in [-0.39, 0.29) is 11.0 Å². The van der Waals surface area contributed by atoms with Crippen LogP contribution in [0.25, 0.3) is 10.9 Å². The molecule has 0 amide bonds. The lowest BCUT2D eigenvalue weighted by Gasteiger charge is -2.37. The summed E-state index contributed by atoms with van der Waals surface area (Å²) in [6.45, 7) is 13.9. The van der Waals surface area contributed by atoms with Crippen LogP contribution in [-0.2, 0) is 4.43 Å². The van der Waals surface area contributed by atoms with Gasteiger partial charge in [0.1, 0.15) is 0 Å². The van der Waals surface area contributed by atoms with Crippen molar-refractivity contribution in [3.05, 3.63) is 30.0 Å². The Balaban J connectivity index is 2.28. The Kier molecular flexibility index (Phi) is 4.73. The Hall–Kier alpha value is -1.59. The maximum atomic E-state index is 6.32. The second-order valence-corrected chi connectivity index (χ2v) is 12.6. The molecule has 2 aromatic rings. The van der Waals surface area contributed by atoms with Crippen molar-refractivity contribution in [3.63, 3.8) is 0 Å². The topological polar surface area (TPSA) is 74.2 Å². The first-order valence-corrected chi connectivity index (χ1v) is 11.0. The zero-order valence-corrected chi connectivity index (χ0v) is 16.1. The maximum Gasteiger partial charge on any atom is 0.192 e. The summed E-state index contributed by atoms with van der Waals surface area (Å²) < 4.78 is 6.32. The molecule has 0 saturated heterocycles. The highest BCUT2D eigenvalue weighted by molar-refractivity contribution is 6.74. The number of hydrogen-bond acceptors (Lipinski definition) is 4. The van der Waals surface area contributed by atoms with Crippen molar-refractivity contribution in [2.24, 2.45) is 0 Å². The fourth-order valence-electron chi connectivity index (χ4n) is 2.28. The van der Waals surface area contributed by atoms with Crippen molar-refractivity contribution < 1.29 is 4.43 Å². The molecule has 0 bridgehead atoms. The molecule has 1 aromatic carbocycles. The largest absolute Gasteiger partial charge is 0.416 e. The second-order valence-electron chi connectivity index (χ2n) is 7.81. The molecule has 0 unspecified atom stereocenters. The number of pyridine rings is 1. The van der Waals surface area contributed by atoms with Crippen molar-refractivity contribution >= 4 is 30.6 Å². The summed E-state index contributed by atoms with van der Waals surface area (Å²) in [5.74, 6) is 0.107. The molecule has 2 rings (SSSR count). The third kappa shape index (κ3) is 3.51. The van der Waals surface area contributed by atoms with E-state index in [4.69, 9.17) is 20.9 Å². The van der Waals surface area contributed by atoms with Gasteiger partial charge in [0, 0.05) is 17.9 Å². The Labute approximate surface area is 140 Å². The van der Waals surface area contributed by atoms with Crippen LogP contribution >= 0.6 is 0 Å². The molecule has 0 aliphatic carbocycles. The standard InChI is InChI=1S/C18H29N3OSi/c1-12(11-22-23(5,6)18(2,3)4)17-16(20)15(19)13-9-7-8-10-14(13)21-17/h7-10,12H,11,20H2,1-6H3,(H2,19,21)/t12-/m1/s1. The SMILES string of the molecule is C[C@H](CO[Si](C)(C)C(C)(C)C)c1nc2ccccc2c(N)c1N. The predicted molar refractivity (Wildman–Crippen MR) is 102 cm³/mol. The molecule has 0 spiro atoms. The second kappa shape index (κ2) is 6.13. The van der Waals surface area contributed by atoms with Crippen molar-refractivity contribution in [2.45, 2.75) is 51.7 Å². The number of hydrogen-bond donors (Lipinski definition) is 2. The highest BCUT2D eigenvalue weighted by atomic mass is 28.4. The summed E-state index contributed by atoms with van der Waals surface area (Å²) >= 11 is 0. The smallest absolute Gasteiger partial charge is 0.192 e. The van der Waals surface area contributed by atoms with Gasteiger partial charge in [0.25, 0.3) is 0 Å². The van der Waals surface area contributed by atoms with Crippen LogP contribution in [0.15, 0.2) is 24.3 Å². The van der Waals surface area contributed by atoms with Gasteiger partial charge >= 0.3 is 0 Å². The average molecular weight is 332 g/mol. The molecule has 0 saturated carbocycles. The lowest BCUT2D eigenvalue weighted by atomic mass is 10.0. The molecule has 0 aliphatic heterocycles. The fraction of sp³-hybridized carbons (Fsp3) is 0.500. The molecule has 1 atom stereocenters. The van der Waals surface area contributed by atoms with Gasteiger partial charge in [-0.25, -0.2) is 0 Å². The molecule has 5 heteroatoms. The number of aromatic nitrogens is 1. The first-order valence-electron chi connectivity index (χ1n) is 8.12. The van der Waals surface area contributed by atoms with E-state index in [1.54, 1.807) is 0 Å². The number of anilines is 2. The first kappa shape index (κ1) is 17.8. The molecule has 4 N–H and O–H groups in total. The summed E-state index contributed by atoms with van der Waals surface area (Å²) in [5.41, 5.74) is 15.4. The van der Waals surface area contributed by atoms with Crippen LogP contribution in [0.4, 0.5) is 11.4 Å². The molecular weight excluding hydrogens is 302 g/mol. The van der Waals surface area contributed by atoms with Gasteiger partial charge in [0.15, 0.2) is 8.32 Å². The molecule has 0 aliphatic rings. The van der Waals surface area contributed by atoms with E-state index < -0.39 is 8.32 Å². The van der Waals surface area contributed by atoms with Gasteiger partial charge in [0.2, 0.25) is 0 Å². The quantitative estimate of drug-likeness (QED) is 0.808. The minimum absolute atomic E-state index is 0.107. The van der Waals surface area contributed by atoms with Crippen LogP contribution in [0.1, 0.15) is 39.3 Å². The van der Waals surface area contributed by atoms with E-state index in [1.165, 1.54) is 0 Å². The van der Waals surface area contributed by atoms with E-state index >= 15 is 0 Å². The summed E-state index contributed by atoms with van der Waals surface area (Å²) in [6.07, 6.45) is 0. The van der Waals surface area contributed by atoms with Crippen LogP contribution in [-0.4, -0.2) is 19.9 Å². The molecule has 1 aromatic heterocycles. The van der Waals surface area contributed by atoms with Gasteiger partial charge in [-0.15, -0.1) is 0 Å². The van der Waals surface area contributed by atoms with Gasteiger partial charge in [-0.3, -0.25) is 4.98 Å². The van der Waals surface area contributed by atoms with Gasteiger partial charge in [-0.2, -0.15) is 0 Å². The Bertz CT molecular complexity index is 707. The van der Waals surface area contributed by atoms with E-state index in [0.29, 0.717) is 18.0 Å². The van der Waals surface area contributed by atoms with Crippen LogP contribution < -0.4 is 11.5 Å². The number of rotatable bonds is 4. The third-order valence-electron chi connectivity index (χ3n) is 4.97. The number of nitrogens with zero attached hydrogens (tertiary/aromatic N) is 1. The van der Waals surface area contributed by atoms with Crippen molar-refractivity contribution in [1.29, 1.82) is 0 Å². The minimum atomic E-state index is -1.79. The summed E-state index contributed by atoms with van der Waals surface area (Å²) in [7, 11) is -1.79. The molecule has 1 heterocycles. The zero-order valence-electron chi connectivity index (χ0n) is 15.1. The average Bonchev–Trinajstić information content (AvgIpc) is 2.47. The molecule has 0 radical (unpaired) electrons. The molecule has 4 nitrogen and oxygen atoms in total. The van der Waals surface area contributed by atoms with E-state index in [0.717, 1.165) is 16.6 Å². The van der Waals surface area contributed by atoms with Crippen LogP contribution in [0.5, 0.6) is 0 Å². The highest BCUT2D eigenvalue weighted by Crippen LogP contribution is 2.38. The van der Waals surface area contributed by atoms with Gasteiger partial charge < -0.3 is 15.9 Å². The van der Waals surface area contributed by atoms with E-state index in [2.05, 4.69) is 40.8 Å². The third-order valence-corrected chi connectivity index (χ3v) is 9.47. The Morgan fingerprint density at radius 1 is 1.13 bits per heavy atom. The fourth-order valence-corrected chi connectivity index (χ4v) is 3.38. The predicted octanol–water partition coefficient (Wildman–Crippen LogP) is 4.52. The van der Waals surface area contributed by atoms with Crippen molar-refractivity contribution in [3.8, 4) is 0 Å². The summed E-state index contributed by atoms with van der Waals surface area (Å²) in [6, 6.07) is 7.83. The van der Waals surface area contributed by atoms with Crippen LogP contribution in [0, 0.1) is 0 Å². The highest BCUT2D eigenvalue weighted by Gasteiger charge is 2.37. The molecular formula is C18H29N3OSi. The summed E-state index contributed by atoms with van der Waals surface area (Å²) in [5, 5.41) is 1.10.